The van der Waals surface area contributed by atoms with Gasteiger partial charge in [0, 0.05) is 38.3 Å². The van der Waals surface area contributed by atoms with Gasteiger partial charge in [-0.3, -0.25) is 0 Å². The first-order valence-electron chi connectivity index (χ1n) is 12.1. The van der Waals surface area contributed by atoms with Crippen LogP contribution in [-0.4, -0.2) is 51.6 Å². The lowest BCUT2D eigenvalue weighted by Crippen LogP contribution is -2.43. The first-order chi connectivity index (χ1) is 15.1. The number of rotatable bonds is 11. The predicted molar refractivity (Wildman–Crippen MR) is 126 cm³/mol. The van der Waals surface area contributed by atoms with Gasteiger partial charge in [0.2, 0.25) is 0 Å². The van der Waals surface area contributed by atoms with E-state index in [4.69, 9.17) is 19.2 Å². The zero-order chi connectivity index (χ0) is 21.9. The van der Waals surface area contributed by atoms with E-state index in [1.165, 1.54) is 31.2 Å². The van der Waals surface area contributed by atoms with Crippen molar-refractivity contribution in [1.29, 1.82) is 0 Å². The molecule has 3 rings (SSSR count). The molecule has 1 unspecified atom stereocenters. The summed E-state index contributed by atoms with van der Waals surface area (Å²) in [7, 11) is 0. The van der Waals surface area contributed by atoms with Gasteiger partial charge in [-0.05, 0) is 57.1 Å². The first-order valence-corrected chi connectivity index (χ1v) is 12.1. The van der Waals surface area contributed by atoms with E-state index in [0.29, 0.717) is 18.6 Å². The van der Waals surface area contributed by atoms with Crippen LogP contribution in [0.2, 0.25) is 0 Å². The van der Waals surface area contributed by atoms with Crippen molar-refractivity contribution in [3.63, 3.8) is 0 Å². The van der Waals surface area contributed by atoms with Crippen LogP contribution < -0.4 is 15.4 Å². The fourth-order valence-corrected chi connectivity index (χ4v) is 4.54. The minimum atomic E-state index is 0.142. The Morgan fingerprint density at radius 1 is 1.23 bits per heavy atom. The summed E-state index contributed by atoms with van der Waals surface area (Å²) in [6, 6.07) is 6.38. The number of hydrogen-bond donors (Lipinski definition) is 2. The van der Waals surface area contributed by atoms with Crippen molar-refractivity contribution in [1.82, 2.24) is 10.6 Å². The Hall–Kier alpha value is -1.79. The minimum Gasteiger partial charge on any atom is -0.488 e. The molecule has 174 valence electrons. The first kappa shape index (κ1) is 23.9. The molecule has 31 heavy (non-hydrogen) atoms. The quantitative estimate of drug-likeness (QED) is 0.312. The molecular formula is C25H41N3O3. The molecule has 1 aromatic carbocycles. The molecule has 1 aliphatic carbocycles. The second kappa shape index (κ2) is 12.3. The fourth-order valence-electron chi connectivity index (χ4n) is 4.54. The van der Waals surface area contributed by atoms with Crippen molar-refractivity contribution >= 4 is 5.96 Å². The van der Waals surface area contributed by atoms with Crippen molar-refractivity contribution in [3.05, 3.63) is 29.3 Å². The molecule has 0 amide bonds. The van der Waals surface area contributed by atoms with Crippen LogP contribution in [0.15, 0.2) is 23.2 Å². The van der Waals surface area contributed by atoms with Crippen LogP contribution in [-0.2, 0) is 16.0 Å². The molecular weight excluding hydrogens is 390 g/mol. The molecule has 1 aromatic rings. The second-order valence-electron chi connectivity index (χ2n) is 8.92. The molecule has 6 nitrogen and oxygen atoms in total. The molecule has 0 radical (unpaired) electrons. The Balaban J connectivity index is 1.63. The standard InChI is InChI=1S/C25H41N3O3/c1-4-26-24(28-19-25(11-6-7-12-25)13-15-29-5-2)27-17-21-9-8-20(3)16-23(21)31-22-10-14-30-18-22/h8-9,16,22H,4-7,10-15,17-19H2,1-3H3,(H2,26,27,28). The lowest BCUT2D eigenvalue weighted by atomic mass is 9.83. The van der Waals surface area contributed by atoms with Crippen LogP contribution in [0.1, 0.15) is 63.5 Å². The van der Waals surface area contributed by atoms with Gasteiger partial charge in [-0.1, -0.05) is 25.0 Å². The summed E-state index contributed by atoms with van der Waals surface area (Å²) in [5, 5.41) is 7.04. The van der Waals surface area contributed by atoms with E-state index in [1.807, 2.05) is 0 Å². The molecule has 2 fully saturated rings. The van der Waals surface area contributed by atoms with E-state index in [9.17, 15) is 0 Å². The highest BCUT2D eigenvalue weighted by atomic mass is 16.5. The van der Waals surface area contributed by atoms with Crippen LogP contribution in [0.3, 0.4) is 0 Å². The molecule has 1 heterocycles. The summed E-state index contributed by atoms with van der Waals surface area (Å²) in [6.45, 7) is 11.7. The van der Waals surface area contributed by atoms with E-state index in [1.54, 1.807) is 0 Å². The molecule has 1 saturated carbocycles. The highest BCUT2D eigenvalue weighted by Crippen LogP contribution is 2.40. The molecule has 6 heteroatoms. The number of guanidine groups is 1. The smallest absolute Gasteiger partial charge is 0.191 e. The molecule has 2 aliphatic rings. The third-order valence-corrected chi connectivity index (χ3v) is 6.43. The zero-order valence-electron chi connectivity index (χ0n) is 19.7. The third-order valence-electron chi connectivity index (χ3n) is 6.43. The monoisotopic (exact) mass is 431 g/mol. The number of nitrogens with one attached hydrogen (secondary N) is 2. The van der Waals surface area contributed by atoms with Crippen LogP contribution in [0.4, 0.5) is 0 Å². The minimum absolute atomic E-state index is 0.142. The van der Waals surface area contributed by atoms with Crippen LogP contribution >= 0.6 is 0 Å². The molecule has 1 atom stereocenters. The van der Waals surface area contributed by atoms with Gasteiger partial charge in [-0.15, -0.1) is 0 Å². The van der Waals surface area contributed by atoms with Gasteiger partial charge in [0.1, 0.15) is 11.9 Å². The number of benzene rings is 1. The van der Waals surface area contributed by atoms with Crippen LogP contribution in [0, 0.1) is 12.3 Å². The Morgan fingerprint density at radius 3 is 2.77 bits per heavy atom. The van der Waals surface area contributed by atoms with Crippen molar-refractivity contribution in [2.24, 2.45) is 10.4 Å². The fraction of sp³-hybridized carbons (Fsp3) is 0.720. The summed E-state index contributed by atoms with van der Waals surface area (Å²) in [6.07, 6.45) is 7.38. The normalized spacial score (nSPS) is 20.7. The highest BCUT2D eigenvalue weighted by Gasteiger charge is 2.33. The van der Waals surface area contributed by atoms with E-state index < -0.39 is 0 Å². The SMILES string of the molecule is CCNC(=NCc1ccc(C)cc1OC1CCOC1)NCC1(CCOCC)CCCC1. The predicted octanol–water partition coefficient (Wildman–Crippen LogP) is 4.20. The summed E-state index contributed by atoms with van der Waals surface area (Å²) in [4.78, 5) is 4.89. The summed E-state index contributed by atoms with van der Waals surface area (Å²) in [5.41, 5.74) is 2.64. The topological polar surface area (TPSA) is 64.1 Å². The van der Waals surface area contributed by atoms with Gasteiger partial charge in [0.05, 0.1) is 19.8 Å². The maximum atomic E-state index is 6.24. The molecule has 0 bridgehead atoms. The van der Waals surface area contributed by atoms with Gasteiger partial charge in [-0.25, -0.2) is 4.99 Å². The molecule has 0 aromatic heterocycles. The van der Waals surface area contributed by atoms with E-state index in [2.05, 4.69) is 49.6 Å². The second-order valence-corrected chi connectivity index (χ2v) is 8.92. The van der Waals surface area contributed by atoms with Crippen molar-refractivity contribution < 1.29 is 14.2 Å². The summed E-state index contributed by atoms with van der Waals surface area (Å²) in [5.74, 6) is 1.81. The Kier molecular flexibility index (Phi) is 9.47. The molecule has 1 saturated heterocycles. The molecule has 0 spiro atoms. The maximum Gasteiger partial charge on any atom is 0.191 e. The largest absolute Gasteiger partial charge is 0.488 e. The van der Waals surface area contributed by atoms with E-state index in [-0.39, 0.29) is 6.10 Å². The van der Waals surface area contributed by atoms with Crippen molar-refractivity contribution in [2.75, 3.05) is 39.5 Å². The summed E-state index contributed by atoms with van der Waals surface area (Å²) >= 11 is 0. The van der Waals surface area contributed by atoms with Crippen molar-refractivity contribution in [2.45, 2.75) is 71.9 Å². The van der Waals surface area contributed by atoms with E-state index >= 15 is 0 Å². The number of nitrogens with zero attached hydrogens (tertiary/aromatic N) is 1. The van der Waals surface area contributed by atoms with Crippen LogP contribution in [0.25, 0.3) is 0 Å². The Labute approximate surface area is 188 Å². The third kappa shape index (κ3) is 7.39. The average molecular weight is 432 g/mol. The number of aliphatic imine (C=N–C) groups is 1. The zero-order valence-corrected chi connectivity index (χ0v) is 19.7. The van der Waals surface area contributed by atoms with Gasteiger partial charge < -0.3 is 24.8 Å². The maximum absolute atomic E-state index is 6.24. The van der Waals surface area contributed by atoms with Gasteiger partial charge in [-0.2, -0.15) is 0 Å². The summed E-state index contributed by atoms with van der Waals surface area (Å²) < 4.78 is 17.4. The lowest BCUT2D eigenvalue weighted by molar-refractivity contribution is 0.105. The Bertz CT molecular complexity index is 695. The van der Waals surface area contributed by atoms with Gasteiger partial charge in [0.15, 0.2) is 5.96 Å². The average Bonchev–Trinajstić information content (AvgIpc) is 3.44. The Morgan fingerprint density at radius 2 is 2.06 bits per heavy atom. The highest BCUT2D eigenvalue weighted by molar-refractivity contribution is 5.79. The van der Waals surface area contributed by atoms with Crippen molar-refractivity contribution in [3.8, 4) is 5.75 Å². The van der Waals surface area contributed by atoms with Crippen LogP contribution in [0.5, 0.6) is 5.75 Å². The number of aryl methyl sites for hydroxylation is 1. The molecule has 2 N–H and O–H groups in total. The van der Waals surface area contributed by atoms with E-state index in [0.717, 1.165) is 63.0 Å². The number of ether oxygens (including phenoxy) is 3. The number of hydrogen-bond acceptors (Lipinski definition) is 4. The van der Waals surface area contributed by atoms with Gasteiger partial charge in [0.25, 0.3) is 0 Å². The lowest BCUT2D eigenvalue weighted by Gasteiger charge is -2.30. The van der Waals surface area contributed by atoms with Gasteiger partial charge >= 0.3 is 0 Å². The molecule has 1 aliphatic heterocycles.